The maximum atomic E-state index is 10.7. The molecule has 0 fully saturated rings. The van der Waals surface area contributed by atoms with E-state index in [1.807, 2.05) is 14.1 Å². The smallest absolute Gasteiger partial charge is 0.271 e. The number of imidazole rings is 1. The van der Waals surface area contributed by atoms with Gasteiger partial charge in [-0.25, -0.2) is 4.98 Å². The van der Waals surface area contributed by atoms with Crippen LogP contribution < -0.4 is 5.32 Å². The van der Waals surface area contributed by atoms with E-state index in [-0.39, 0.29) is 11.7 Å². The average molecular weight is 277 g/mol. The van der Waals surface area contributed by atoms with Gasteiger partial charge in [0.2, 0.25) is 5.95 Å². The van der Waals surface area contributed by atoms with E-state index in [0.29, 0.717) is 11.5 Å². The Morgan fingerprint density at radius 1 is 1.50 bits per heavy atom. The van der Waals surface area contributed by atoms with E-state index in [2.05, 4.69) is 27.1 Å². The van der Waals surface area contributed by atoms with Crippen LogP contribution in [0.2, 0.25) is 0 Å². The van der Waals surface area contributed by atoms with E-state index < -0.39 is 4.92 Å². The highest BCUT2D eigenvalue weighted by molar-refractivity contribution is 5.79. The minimum Gasteiger partial charge on any atom is -0.353 e. The van der Waals surface area contributed by atoms with Crippen molar-refractivity contribution >= 4 is 22.7 Å². The number of anilines is 1. The van der Waals surface area contributed by atoms with Gasteiger partial charge in [0.15, 0.2) is 0 Å². The largest absolute Gasteiger partial charge is 0.353 e. The number of hydrogen-bond acceptors (Lipinski definition) is 5. The van der Waals surface area contributed by atoms with Crippen LogP contribution in [-0.2, 0) is 0 Å². The van der Waals surface area contributed by atoms with Crippen LogP contribution in [0.5, 0.6) is 0 Å². The maximum absolute atomic E-state index is 10.7. The number of H-pyrrole nitrogens is 1. The summed E-state index contributed by atoms with van der Waals surface area (Å²) in [4.78, 5) is 19.9. The van der Waals surface area contributed by atoms with Gasteiger partial charge in [0.1, 0.15) is 0 Å². The summed E-state index contributed by atoms with van der Waals surface area (Å²) < 4.78 is 0. The second kappa shape index (κ2) is 5.87. The molecular weight excluding hydrogens is 258 g/mol. The van der Waals surface area contributed by atoms with Crippen molar-refractivity contribution in [2.45, 2.75) is 19.4 Å². The standard InChI is InChI=1S/C13H19N5O2/c1-9(6-7-17(2)3)14-13-15-11-5-4-10(18(19)20)8-12(11)16-13/h4-5,8-9H,6-7H2,1-3H3,(H2,14,15,16). The molecule has 0 saturated heterocycles. The van der Waals surface area contributed by atoms with E-state index in [9.17, 15) is 10.1 Å². The monoisotopic (exact) mass is 277 g/mol. The van der Waals surface area contributed by atoms with Crippen molar-refractivity contribution in [1.29, 1.82) is 0 Å². The minimum atomic E-state index is -0.410. The number of hydrogen-bond donors (Lipinski definition) is 2. The highest BCUT2D eigenvalue weighted by atomic mass is 16.6. The van der Waals surface area contributed by atoms with Crippen molar-refractivity contribution in [3.05, 3.63) is 28.3 Å². The summed E-state index contributed by atoms with van der Waals surface area (Å²) in [5.74, 6) is 0.645. The summed E-state index contributed by atoms with van der Waals surface area (Å²) in [7, 11) is 4.07. The van der Waals surface area contributed by atoms with Gasteiger partial charge in [0.05, 0.1) is 16.0 Å². The van der Waals surface area contributed by atoms with Crippen LogP contribution in [0.25, 0.3) is 11.0 Å². The van der Waals surface area contributed by atoms with E-state index >= 15 is 0 Å². The third kappa shape index (κ3) is 3.45. The molecule has 108 valence electrons. The number of nitrogens with one attached hydrogen (secondary N) is 2. The molecule has 0 aliphatic rings. The second-order valence-corrected chi connectivity index (χ2v) is 5.18. The molecule has 1 unspecified atom stereocenters. The first kappa shape index (κ1) is 14.3. The van der Waals surface area contributed by atoms with Crippen LogP contribution in [-0.4, -0.2) is 46.5 Å². The Morgan fingerprint density at radius 3 is 2.90 bits per heavy atom. The molecule has 7 nitrogen and oxygen atoms in total. The number of aromatic amines is 1. The van der Waals surface area contributed by atoms with Gasteiger partial charge in [-0.3, -0.25) is 10.1 Å². The van der Waals surface area contributed by atoms with E-state index in [1.54, 1.807) is 6.07 Å². The zero-order valence-electron chi connectivity index (χ0n) is 11.9. The molecule has 1 heterocycles. The van der Waals surface area contributed by atoms with Gasteiger partial charge in [0.25, 0.3) is 5.69 Å². The molecule has 20 heavy (non-hydrogen) atoms. The van der Waals surface area contributed by atoms with E-state index in [0.717, 1.165) is 18.5 Å². The van der Waals surface area contributed by atoms with Crippen molar-refractivity contribution in [2.24, 2.45) is 0 Å². The van der Waals surface area contributed by atoms with Crippen molar-refractivity contribution in [3.63, 3.8) is 0 Å². The number of rotatable bonds is 6. The summed E-state index contributed by atoms with van der Waals surface area (Å²) in [6.07, 6.45) is 0.990. The third-order valence-corrected chi connectivity index (χ3v) is 3.07. The molecule has 0 aliphatic carbocycles. The summed E-state index contributed by atoms with van der Waals surface area (Å²) in [5, 5.41) is 14.0. The van der Waals surface area contributed by atoms with Gasteiger partial charge < -0.3 is 15.2 Å². The Morgan fingerprint density at radius 2 is 2.25 bits per heavy atom. The van der Waals surface area contributed by atoms with Crippen molar-refractivity contribution < 1.29 is 4.92 Å². The van der Waals surface area contributed by atoms with Crippen molar-refractivity contribution in [3.8, 4) is 0 Å². The summed E-state index contributed by atoms with van der Waals surface area (Å²) in [6, 6.07) is 4.88. The van der Waals surface area contributed by atoms with Gasteiger partial charge in [-0.2, -0.15) is 0 Å². The van der Waals surface area contributed by atoms with Crippen LogP contribution in [0.4, 0.5) is 11.6 Å². The van der Waals surface area contributed by atoms with Crippen LogP contribution in [0.3, 0.4) is 0 Å². The Labute approximate surface area is 117 Å². The molecule has 0 aliphatic heterocycles. The quantitative estimate of drug-likeness (QED) is 0.624. The number of aromatic nitrogens is 2. The fourth-order valence-corrected chi connectivity index (χ4v) is 1.94. The van der Waals surface area contributed by atoms with Crippen LogP contribution >= 0.6 is 0 Å². The second-order valence-electron chi connectivity index (χ2n) is 5.18. The molecule has 1 aromatic carbocycles. The minimum absolute atomic E-state index is 0.0633. The number of nitro groups is 1. The zero-order chi connectivity index (χ0) is 14.7. The lowest BCUT2D eigenvalue weighted by atomic mass is 10.2. The van der Waals surface area contributed by atoms with Crippen molar-refractivity contribution in [1.82, 2.24) is 14.9 Å². The maximum Gasteiger partial charge on any atom is 0.271 e. The molecule has 2 N–H and O–H groups in total. The molecule has 0 saturated carbocycles. The van der Waals surface area contributed by atoms with Gasteiger partial charge >= 0.3 is 0 Å². The SMILES string of the molecule is CC(CCN(C)C)Nc1nc2ccc([N+](=O)[O-])cc2[nH]1. The topological polar surface area (TPSA) is 87.1 Å². The molecule has 7 heteroatoms. The number of nitro benzene ring substituents is 1. The molecular formula is C13H19N5O2. The Hall–Kier alpha value is -2.15. The molecule has 2 aromatic rings. The highest BCUT2D eigenvalue weighted by Crippen LogP contribution is 2.20. The molecule has 2 rings (SSSR count). The van der Waals surface area contributed by atoms with Gasteiger partial charge in [-0.1, -0.05) is 0 Å². The molecule has 1 atom stereocenters. The first-order chi connectivity index (χ1) is 9.45. The number of nitrogens with zero attached hydrogens (tertiary/aromatic N) is 3. The summed E-state index contributed by atoms with van der Waals surface area (Å²) in [5.41, 5.74) is 1.45. The van der Waals surface area contributed by atoms with Crippen LogP contribution in [0.15, 0.2) is 18.2 Å². The van der Waals surface area contributed by atoms with E-state index in [4.69, 9.17) is 0 Å². The highest BCUT2D eigenvalue weighted by Gasteiger charge is 2.11. The fourth-order valence-electron chi connectivity index (χ4n) is 1.94. The molecule has 1 aromatic heterocycles. The molecule has 0 bridgehead atoms. The van der Waals surface area contributed by atoms with Crippen molar-refractivity contribution in [2.75, 3.05) is 26.0 Å². The Bertz CT molecular complexity index is 608. The Kier molecular flexibility index (Phi) is 4.19. The van der Waals surface area contributed by atoms with Crippen LogP contribution in [0, 0.1) is 10.1 Å². The summed E-state index contributed by atoms with van der Waals surface area (Å²) >= 11 is 0. The average Bonchev–Trinajstić information content (AvgIpc) is 2.77. The summed E-state index contributed by atoms with van der Waals surface area (Å²) in [6.45, 7) is 3.07. The Balaban J connectivity index is 2.09. The third-order valence-electron chi connectivity index (χ3n) is 3.07. The number of non-ortho nitro benzene ring substituents is 1. The lowest BCUT2D eigenvalue weighted by Gasteiger charge is -2.15. The molecule has 0 amide bonds. The van der Waals surface area contributed by atoms with Crippen LogP contribution in [0.1, 0.15) is 13.3 Å². The fraction of sp³-hybridized carbons (Fsp3) is 0.462. The predicted octanol–water partition coefficient (Wildman–Crippen LogP) is 2.22. The van der Waals surface area contributed by atoms with Gasteiger partial charge in [0, 0.05) is 18.2 Å². The first-order valence-electron chi connectivity index (χ1n) is 6.51. The normalized spacial score (nSPS) is 12.8. The zero-order valence-corrected chi connectivity index (χ0v) is 11.9. The van der Waals surface area contributed by atoms with E-state index in [1.165, 1.54) is 12.1 Å². The van der Waals surface area contributed by atoms with Gasteiger partial charge in [-0.05, 0) is 40.1 Å². The lowest BCUT2D eigenvalue weighted by molar-refractivity contribution is -0.384. The lowest BCUT2D eigenvalue weighted by Crippen LogP contribution is -2.23. The predicted molar refractivity (Wildman–Crippen MR) is 79.0 cm³/mol. The number of fused-ring (bicyclic) bond motifs is 1. The number of benzene rings is 1. The molecule has 0 radical (unpaired) electrons. The molecule has 0 spiro atoms. The first-order valence-corrected chi connectivity index (χ1v) is 6.51. The van der Waals surface area contributed by atoms with Gasteiger partial charge in [-0.15, -0.1) is 0 Å².